The summed E-state index contributed by atoms with van der Waals surface area (Å²) < 4.78 is 0. The Kier molecular flexibility index (Phi) is 5.56. The van der Waals surface area contributed by atoms with Gasteiger partial charge in [-0.15, -0.1) is 11.3 Å². The number of carbonyl (C=O) groups is 2. The normalized spacial score (nSPS) is 10.4. The van der Waals surface area contributed by atoms with Gasteiger partial charge in [-0.3, -0.25) is 14.9 Å². The number of rotatable bonds is 4. The first kappa shape index (κ1) is 18.4. The molecule has 0 aliphatic carbocycles. The van der Waals surface area contributed by atoms with E-state index in [9.17, 15) is 9.59 Å². The Morgan fingerprint density at radius 2 is 1.85 bits per heavy atom. The van der Waals surface area contributed by atoms with E-state index >= 15 is 0 Å². The summed E-state index contributed by atoms with van der Waals surface area (Å²) in [5, 5.41) is 8.53. The van der Waals surface area contributed by atoms with Gasteiger partial charge >= 0.3 is 0 Å². The maximum absolute atomic E-state index is 12.4. The second kappa shape index (κ2) is 7.86. The van der Waals surface area contributed by atoms with Crippen LogP contribution in [-0.2, 0) is 0 Å². The second-order valence-corrected chi connectivity index (χ2v) is 7.14. The Morgan fingerprint density at radius 1 is 1.04 bits per heavy atom. The van der Waals surface area contributed by atoms with Crippen LogP contribution in [0.25, 0.3) is 0 Å². The Labute approximate surface area is 164 Å². The number of halogens is 2. The SMILES string of the molecule is Cc1cc(C(=O)Nc2nccs2)ccc1NC(=O)c1cc(Cl)ccc1Cl. The topological polar surface area (TPSA) is 71.1 Å². The maximum atomic E-state index is 12.4. The smallest absolute Gasteiger partial charge is 0.257 e. The summed E-state index contributed by atoms with van der Waals surface area (Å²) in [4.78, 5) is 28.7. The third-order valence-corrected chi connectivity index (χ3v) is 4.82. The van der Waals surface area contributed by atoms with Crippen LogP contribution in [0.4, 0.5) is 10.8 Å². The average molecular weight is 406 g/mol. The number of thiazole rings is 1. The van der Waals surface area contributed by atoms with Crippen LogP contribution in [0.3, 0.4) is 0 Å². The van der Waals surface area contributed by atoms with Gasteiger partial charge in [0.2, 0.25) is 0 Å². The Hall–Kier alpha value is -2.41. The molecule has 1 heterocycles. The molecule has 8 heteroatoms. The Morgan fingerprint density at radius 3 is 2.54 bits per heavy atom. The second-order valence-electron chi connectivity index (χ2n) is 5.40. The minimum Gasteiger partial charge on any atom is -0.322 e. The van der Waals surface area contributed by atoms with Crippen molar-refractivity contribution in [3.63, 3.8) is 0 Å². The number of nitrogens with one attached hydrogen (secondary N) is 2. The van der Waals surface area contributed by atoms with Crippen molar-refractivity contribution in [2.75, 3.05) is 10.6 Å². The lowest BCUT2D eigenvalue weighted by molar-refractivity contribution is 0.102. The van der Waals surface area contributed by atoms with E-state index < -0.39 is 0 Å². The summed E-state index contributed by atoms with van der Waals surface area (Å²) in [6.07, 6.45) is 1.62. The maximum Gasteiger partial charge on any atom is 0.257 e. The molecule has 0 atom stereocenters. The van der Waals surface area contributed by atoms with Crippen molar-refractivity contribution in [1.29, 1.82) is 0 Å². The molecule has 3 rings (SSSR count). The van der Waals surface area contributed by atoms with Crippen molar-refractivity contribution < 1.29 is 9.59 Å². The highest BCUT2D eigenvalue weighted by atomic mass is 35.5. The summed E-state index contributed by atoms with van der Waals surface area (Å²) in [5.74, 6) is -0.639. The molecule has 5 nitrogen and oxygen atoms in total. The minimum atomic E-state index is -0.374. The molecule has 2 N–H and O–H groups in total. The molecule has 0 saturated carbocycles. The van der Waals surface area contributed by atoms with Crippen LogP contribution < -0.4 is 10.6 Å². The molecule has 0 aliphatic rings. The number of aryl methyl sites for hydroxylation is 1. The molecule has 0 unspecified atom stereocenters. The zero-order valence-corrected chi connectivity index (χ0v) is 15.9. The van der Waals surface area contributed by atoms with Gasteiger partial charge in [0.05, 0.1) is 10.6 Å². The highest BCUT2D eigenvalue weighted by Gasteiger charge is 2.14. The molecule has 0 fully saturated rings. The first-order valence-electron chi connectivity index (χ1n) is 7.52. The van der Waals surface area contributed by atoms with Gasteiger partial charge in [0, 0.05) is 27.9 Å². The summed E-state index contributed by atoms with van der Waals surface area (Å²) in [6, 6.07) is 9.68. The van der Waals surface area contributed by atoms with Crippen LogP contribution in [0.1, 0.15) is 26.3 Å². The fraction of sp³-hybridized carbons (Fsp3) is 0.0556. The first-order valence-corrected chi connectivity index (χ1v) is 9.15. The Balaban J connectivity index is 1.76. The predicted octanol–water partition coefficient (Wildman–Crippen LogP) is 5.26. The van der Waals surface area contributed by atoms with E-state index in [1.165, 1.54) is 17.4 Å². The van der Waals surface area contributed by atoms with Crippen molar-refractivity contribution in [1.82, 2.24) is 4.98 Å². The van der Waals surface area contributed by atoms with Crippen LogP contribution in [0.2, 0.25) is 10.0 Å². The third kappa shape index (κ3) is 4.22. The number of aromatic nitrogens is 1. The summed E-state index contributed by atoms with van der Waals surface area (Å²) >= 11 is 13.3. The number of hydrogen-bond donors (Lipinski definition) is 2. The van der Waals surface area contributed by atoms with E-state index in [4.69, 9.17) is 23.2 Å². The zero-order chi connectivity index (χ0) is 18.7. The lowest BCUT2D eigenvalue weighted by Crippen LogP contribution is -2.15. The first-order chi connectivity index (χ1) is 12.4. The van der Waals surface area contributed by atoms with E-state index in [0.29, 0.717) is 26.4 Å². The summed E-state index contributed by atoms with van der Waals surface area (Å²) in [6.45, 7) is 1.80. The van der Waals surface area contributed by atoms with Crippen LogP contribution in [0, 0.1) is 6.92 Å². The third-order valence-electron chi connectivity index (χ3n) is 3.56. The highest BCUT2D eigenvalue weighted by Crippen LogP contribution is 2.24. The van der Waals surface area contributed by atoms with E-state index in [-0.39, 0.29) is 17.4 Å². The van der Waals surface area contributed by atoms with E-state index in [1.54, 1.807) is 48.8 Å². The molecular weight excluding hydrogens is 393 g/mol. The van der Waals surface area contributed by atoms with Gasteiger partial charge in [0.1, 0.15) is 0 Å². The van der Waals surface area contributed by atoms with Gasteiger partial charge in [-0.25, -0.2) is 4.98 Å². The van der Waals surface area contributed by atoms with Gasteiger partial charge in [-0.1, -0.05) is 23.2 Å². The minimum absolute atomic E-state index is 0.265. The molecule has 0 bridgehead atoms. The number of benzene rings is 2. The largest absolute Gasteiger partial charge is 0.322 e. The molecule has 1 aromatic heterocycles. The van der Waals surface area contributed by atoms with Crippen molar-refractivity contribution >= 4 is 57.2 Å². The molecule has 0 aliphatic heterocycles. The van der Waals surface area contributed by atoms with Gasteiger partial charge < -0.3 is 5.32 Å². The van der Waals surface area contributed by atoms with Gasteiger partial charge in [0.25, 0.3) is 11.8 Å². The molecule has 2 aromatic carbocycles. The van der Waals surface area contributed by atoms with E-state index in [1.807, 2.05) is 0 Å². The fourth-order valence-corrected chi connectivity index (χ4v) is 3.16. The number of carbonyl (C=O) groups excluding carboxylic acids is 2. The standard InChI is InChI=1S/C18H13Cl2N3O2S/c1-10-8-11(16(24)23-18-21-6-7-26-18)2-5-15(10)22-17(25)13-9-12(19)3-4-14(13)20/h2-9H,1H3,(H,22,25)(H,21,23,24). The molecule has 3 aromatic rings. The number of anilines is 2. The van der Waals surface area contributed by atoms with Crippen molar-refractivity contribution in [3.05, 3.63) is 74.7 Å². The molecule has 2 amide bonds. The number of nitrogens with zero attached hydrogens (tertiary/aromatic N) is 1. The van der Waals surface area contributed by atoms with Crippen LogP contribution in [0.5, 0.6) is 0 Å². The molecule has 26 heavy (non-hydrogen) atoms. The quantitative estimate of drug-likeness (QED) is 0.621. The van der Waals surface area contributed by atoms with Crippen LogP contribution in [-0.4, -0.2) is 16.8 Å². The lowest BCUT2D eigenvalue weighted by atomic mass is 10.1. The number of amides is 2. The summed E-state index contributed by atoms with van der Waals surface area (Å²) in [7, 11) is 0. The van der Waals surface area contributed by atoms with E-state index in [0.717, 1.165) is 5.56 Å². The van der Waals surface area contributed by atoms with Crippen LogP contribution in [0.15, 0.2) is 48.0 Å². The van der Waals surface area contributed by atoms with E-state index in [2.05, 4.69) is 15.6 Å². The molecule has 0 spiro atoms. The predicted molar refractivity (Wildman–Crippen MR) is 106 cm³/mol. The average Bonchev–Trinajstić information content (AvgIpc) is 3.11. The molecule has 0 saturated heterocycles. The highest BCUT2D eigenvalue weighted by molar-refractivity contribution is 7.13. The summed E-state index contributed by atoms with van der Waals surface area (Å²) in [5.41, 5.74) is 2.07. The molecule has 132 valence electrons. The van der Waals surface area contributed by atoms with Crippen molar-refractivity contribution in [2.24, 2.45) is 0 Å². The van der Waals surface area contributed by atoms with Crippen LogP contribution >= 0.6 is 34.5 Å². The van der Waals surface area contributed by atoms with Gasteiger partial charge in [-0.05, 0) is 48.9 Å². The van der Waals surface area contributed by atoms with Gasteiger partial charge in [0.15, 0.2) is 5.13 Å². The van der Waals surface area contributed by atoms with Crippen molar-refractivity contribution in [3.8, 4) is 0 Å². The fourth-order valence-electron chi connectivity index (χ4n) is 2.26. The van der Waals surface area contributed by atoms with Gasteiger partial charge in [-0.2, -0.15) is 0 Å². The lowest BCUT2D eigenvalue weighted by Gasteiger charge is -2.11. The monoisotopic (exact) mass is 405 g/mol. The number of hydrogen-bond acceptors (Lipinski definition) is 4. The zero-order valence-electron chi connectivity index (χ0n) is 13.5. The molecular formula is C18H13Cl2N3O2S. The molecule has 0 radical (unpaired) electrons. The Bertz CT molecular complexity index is 975. The van der Waals surface area contributed by atoms with Crippen molar-refractivity contribution in [2.45, 2.75) is 6.92 Å².